The van der Waals surface area contributed by atoms with E-state index in [1.165, 1.54) is 17.0 Å². The number of aromatic amines is 1. The van der Waals surface area contributed by atoms with Crippen LogP contribution in [0.15, 0.2) is 30.5 Å². The number of aliphatic hydroxyl groups excluding tert-OH is 1. The highest BCUT2D eigenvalue weighted by Crippen LogP contribution is 2.31. The molecule has 1 fully saturated rings. The Labute approximate surface area is 108 Å². The molecule has 98 valence electrons. The second-order valence-electron chi connectivity index (χ2n) is 4.50. The average Bonchev–Trinajstić information content (AvgIpc) is 2.96. The minimum absolute atomic E-state index is 0.113. The van der Waals surface area contributed by atoms with Crippen molar-refractivity contribution in [3.8, 4) is 11.1 Å². The number of β-amino-alcohol motifs (C(OH)–C–C–N with tert-alkyl or cyclic N) is 1. The molecule has 0 bridgehead atoms. The number of hydrogen-bond acceptors (Lipinski definition) is 3. The van der Waals surface area contributed by atoms with Crippen LogP contribution in [0.4, 0.5) is 10.2 Å². The molecule has 0 spiro atoms. The quantitative estimate of drug-likeness (QED) is 0.856. The van der Waals surface area contributed by atoms with Crippen LogP contribution in [0.25, 0.3) is 11.1 Å². The topological polar surface area (TPSA) is 69.2 Å². The van der Waals surface area contributed by atoms with Gasteiger partial charge in [-0.3, -0.25) is 14.8 Å². The predicted molar refractivity (Wildman–Crippen MR) is 67.0 cm³/mol. The minimum Gasteiger partial charge on any atom is -0.391 e. The highest BCUT2D eigenvalue weighted by atomic mass is 19.1. The number of benzene rings is 1. The van der Waals surface area contributed by atoms with E-state index in [4.69, 9.17) is 0 Å². The van der Waals surface area contributed by atoms with Crippen LogP contribution in [0.5, 0.6) is 0 Å². The molecular formula is C13H12FN3O2. The summed E-state index contributed by atoms with van der Waals surface area (Å²) >= 11 is 0. The van der Waals surface area contributed by atoms with Crippen molar-refractivity contribution < 1.29 is 14.3 Å². The third-order valence-corrected chi connectivity index (χ3v) is 3.15. The zero-order chi connectivity index (χ0) is 13.4. The molecule has 1 unspecified atom stereocenters. The fraction of sp³-hybridized carbons (Fsp3) is 0.231. The number of anilines is 1. The first kappa shape index (κ1) is 11.9. The molecule has 2 N–H and O–H groups in total. The monoisotopic (exact) mass is 261 g/mol. The van der Waals surface area contributed by atoms with E-state index in [0.29, 0.717) is 11.4 Å². The number of aliphatic hydroxyl groups is 1. The molecule has 1 atom stereocenters. The summed E-state index contributed by atoms with van der Waals surface area (Å²) in [7, 11) is 0. The van der Waals surface area contributed by atoms with E-state index in [2.05, 4.69) is 10.2 Å². The summed E-state index contributed by atoms with van der Waals surface area (Å²) < 4.78 is 12.9. The Bertz CT molecular complexity index is 609. The second-order valence-corrected chi connectivity index (χ2v) is 4.50. The second kappa shape index (κ2) is 4.47. The van der Waals surface area contributed by atoms with Crippen molar-refractivity contribution in [2.75, 3.05) is 11.4 Å². The van der Waals surface area contributed by atoms with Crippen molar-refractivity contribution in [3.63, 3.8) is 0 Å². The lowest BCUT2D eigenvalue weighted by atomic mass is 10.1. The van der Waals surface area contributed by atoms with E-state index in [-0.39, 0.29) is 24.7 Å². The third-order valence-electron chi connectivity index (χ3n) is 3.15. The van der Waals surface area contributed by atoms with Gasteiger partial charge in [0.1, 0.15) is 11.6 Å². The number of nitrogens with one attached hydrogen (secondary N) is 1. The molecule has 1 aromatic carbocycles. The summed E-state index contributed by atoms with van der Waals surface area (Å²) in [5.41, 5.74) is 1.47. The number of H-pyrrole nitrogens is 1. The lowest BCUT2D eigenvalue weighted by molar-refractivity contribution is -0.117. The van der Waals surface area contributed by atoms with Gasteiger partial charge in [-0.15, -0.1) is 0 Å². The maximum atomic E-state index is 12.9. The molecule has 1 saturated heterocycles. The smallest absolute Gasteiger partial charge is 0.230 e. The third kappa shape index (κ3) is 2.10. The Hall–Kier alpha value is -2.21. The molecule has 19 heavy (non-hydrogen) atoms. The fourth-order valence-corrected chi connectivity index (χ4v) is 2.23. The molecule has 6 heteroatoms. The van der Waals surface area contributed by atoms with Gasteiger partial charge < -0.3 is 5.11 Å². The summed E-state index contributed by atoms with van der Waals surface area (Å²) in [4.78, 5) is 13.2. The normalized spacial score (nSPS) is 19.2. The Morgan fingerprint density at radius 1 is 1.37 bits per heavy atom. The number of hydrogen-bond donors (Lipinski definition) is 2. The summed E-state index contributed by atoms with van der Waals surface area (Å²) in [6, 6.07) is 5.96. The molecule has 1 aliphatic rings. The van der Waals surface area contributed by atoms with E-state index >= 15 is 0 Å². The van der Waals surface area contributed by atoms with Gasteiger partial charge in [0.25, 0.3) is 0 Å². The van der Waals surface area contributed by atoms with Crippen LogP contribution in [-0.2, 0) is 4.79 Å². The molecule has 1 amide bonds. The number of rotatable bonds is 2. The van der Waals surface area contributed by atoms with Crippen LogP contribution in [0, 0.1) is 5.82 Å². The molecule has 2 aromatic rings. The van der Waals surface area contributed by atoms with E-state index in [1.54, 1.807) is 18.3 Å². The first-order valence-corrected chi connectivity index (χ1v) is 5.93. The first-order valence-electron chi connectivity index (χ1n) is 5.93. The van der Waals surface area contributed by atoms with Gasteiger partial charge in [0.15, 0.2) is 0 Å². The first-order chi connectivity index (χ1) is 9.15. The molecule has 0 saturated carbocycles. The van der Waals surface area contributed by atoms with E-state index in [0.717, 1.165) is 5.56 Å². The van der Waals surface area contributed by atoms with Crippen LogP contribution in [-0.4, -0.2) is 33.9 Å². The average molecular weight is 261 g/mol. The number of nitrogens with zero attached hydrogens (tertiary/aromatic N) is 2. The highest BCUT2D eigenvalue weighted by Gasteiger charge is 2.31. The maximum Gasteiger partial charge on any atom is 0.230 e. The van der Waals surface area contributed by atoms with Gasteiger partial charge in [-0.2, -0.15) is 5.10 Å². The number of halogens is 1. The highest BCUT2D eigenvalue weighted by molar-refractivity contribution is 5.98. The number of amides is 1. The molecule has 2 heterocycles. The van der Waals surface area contributed by atoms with Crippen LogP contribution in [0.1, 0.15) is 6.42 Å². The Balaban J connectivity index is 1.99. The van der Waals surface area contributed by atoms with E-state index in [9.17, 15) is 14.3 Å². The van der Waals surface area contributed by atoms with Crippen molar-refractivity contribution >= 4 is 11.7 Å². The minimum atomic E-state index is -0.656. The molecule has 5 nitrogen and oxygen atoms in total. The van der Waals surface area contributed by atoms with E-state index in [1.807, 2.05) is 0 Å². The molecule has 1 aromatic heterocycles. The largest absolute Gasteiger partial charge is 0.391 e. The fourth-order valence-electron chi connectivity index (χ4n) is 2.23. The van der Waals surface area contributed by atoms with Crippen molar-refractivity contribution in [2.45, 2.75) is 12.5 Å². The van der Waals surface area contributed by atoms with Crippen LogP contribution in [0.3, 0.4) is 0 Å². The summed E-state index contributed by atoms with van der Waals surface area (Å²) in [5.74, 6) is 0.0646. The van der Waals surface area contributed by atoms with Gasteiger partial charge >= 0.3 is 0 Å². The Kier molecular flexibility index (Phi) is 2.79. The van der Waals surface area contributed by atoms with E-state index < -0.39 is 6.10 Å². The van der Waals surface area contributed by atoms with Crippen LogP contribution >= 0.6 is 0 Å². The predicted octanol–water partition coefficient (Wildman–Crippen LogP) is 1.31. The van der Waals surface area contributed by atoms with Crippen molar-refractivity contribution in [1.82, 2.24) is 10.2 Å². The van der Waals surface area contributed by atoms with Gasteiger partial charge in [0.05, 0.1) is 25.3 Å². The van der Waals surface area contributed by atoms with Gasteiger partial charge in [-0.05, 0) is 17.7 Å². The summed E-state index contributed by atoms with van der Waals surface area (Å²) in [6.07, 6.45) is 1.04. The zero-order valence-corrected chi connectivity index (χ0v) is 10.0. The van der Waals surface area contributed by atoms with Crippen molar-refractivity contribution in [2.24, 2.45) is 0 Å². The lowest BCUT2D eigenvalue weighted by Crippen LogP contribution is -2.26. The number of carbonyl (C=O) groups is 1. The maximum absolute atomic E-state index is 12.9. The molecule has 3 rings (SSSR count). The molecule has 1 aliphatic heterocycles. The lowest BCUT2D eigenvalue weighted by Gasteiger charge is -2.15. The molecule has 0 aliphatic carbocycles. The number of carbonyl (C=O) groups excluding carboxylic acids is 1. The zero-order valence-electron chi connectivity index (χ0n) is 10.0. The van der Waals surface area contributed by atoms with Crippen LogP contribution < -0.4 is 4.90 Å². The Morgan fingerprint density at radius 3 is 2.74 bits per heavy atom. The van der Waals surface area contributed by atoms with Gasteiger partial charge in [-0.1, -0.05) is 12.1 Å². The van der Waals surface area contributed by atoms with Crippen molar-refractivity contribution in [1.29, 1.82) is 0 Å². The molecule has 0 radical (unpaired) electrons. The summed E-state index contributed by atoms with van der Waals surface area (Å²) in [5, 5.41) is 16.2. The van der Waals surface area contributed by atoms with Crippen molar-refractivity contribution in [3.05, 3.63) is 36.3 Å². The van der Waals surface area contributed by atoms with Crippen LogP contribution in [0.2, 0.25) is 0 Å². The summed E-state index contributed by atoms with van der Waals surface area (Å²) in [6.45, 7) is 0.245. The van der Waals surface area contributed by atoms with Gasteiger partial charge in [0, 0.05) is 5.56 Å². The van der Waals surface area contributed by atoms with Gasteiger partial charge in [-0.25, -0.2) is 4.39 Å². The number of aromatic nitrogens is 2. The SMILES string of the molecule is O=C1CC(O)CN1c1[nH]ncc1-c1ccc(F)cc1. The van der Waals surface area contributed by atoms with Gasteiger partial charge in [0.2, 0.25) is 5.91 Å². The molecular weight excluding hydrogens is 249 g/mol. The Morgan fingerprint density at radius 2 is 2.11 bits per heavy atom. The standard InChI is InChI=1S/C13H12FN3O2/c14-9-3-1-8(2-4-9)11-6-15-16-13(11)17-7-10(18)5-12(17)19/h1-4,6,10,18H,5,7H2,(H,15,16).